The van der Waals surface area contributed by atoms with E-state index in [0.29, 0.717) is 12.5 Å². The number of nitrogens with one attached hydrogen (secondary N) is 1. The van der Waals surface area contributed by atoms with Gasteiger partial charge in [-0.2, -0.15) is 0 Å². The Morgan fingerprint density at radius 2 is 1.79 bits per heavy atom. The molecule has 1 aliphatic heterocycles. The van der Waals surface area contributed by atoms with Crippen molar-refractivity contribution in [1.82, 2.24) is 15.1 Å². The van der Waals surface area contributed by atoms with Crippen LogP contribution in [0.5, 0.6) is 0 Å². The topological polar surface area (TPSA) is 61.6 Å². The van der Waals surface area contributed by atoms with E-state index in [0.717, 1.165) is 39.3 Å². The van der Waals surface area contributed by atoms with Gasteiger partial charge in [0.25, 0.3) is 0 Å². The highest BCUT2D eigenvalue weighted by Crippen LogP contribution is 2.10. The molecule has 1 fully saturated rings. The van der Waals surface area contributed by atoms with Gasteiger partial charge in [0.05, 0.1) is 0 Å². The van der Waals surface area contributed by atoms with Crippen molar-refractivity contribution in [2.75, 3.05) is 45.8 Å². The highest BCUT2D eigenvalue weighted by Gasteiger charge is 2.33. The van der Waals surface area contributed by atoms with Crippen LogP contribution in [0.3, 0.4) is 0 Å². The zero-order chi connectivity index (χ0) is 14.5. The zero-order valence-electron chi connectivity index (χ0n) is 12.9. The molecule has 0 aromatic rings. The molecule has 0 aromatic carbocycles. The number of hydrogen-bond acceptors (Lipinski definition) is 4. The first kappa shape index (κ1) is 16.4. The predicted molar refractivity (Wildman–Crippen MR) is 79.0 cm³/mol. The first-order chi connectivity index (χ1) is 8.87. The summed E-state index contributed by atoms with van der Waals surface area (Å²) in [5, 5.41) is 3.22. The number of piperazine rings is 1. The van der Waals surface area contributed by atoms with E-state index in [2.05, 4.69) is 29.0 Å². The molecule has 5 nitrogen and oxygen atoms in total. The van der Waals surface area contributed by atoms with Gasteiger partial charge in [-0.25, -0.2) is 0 Å². The molecule has 1 atom stereocenters. The lowest BCUT2D eigenvalue weighted by atomic mass is 10.00. The number of carbonyl (C=O) groups is 1. The molecule has 1 aliphatic rings. The minimum atomic E-state index is -0.616. The van der Waals surface area contributed by atoms with E-state index in [1.165, 1.54) is 0 Å². The lowest BCUT2D eigenvalue weighted by Crippen LogP contribution is -2.61. The first-order valence-electron chi connectivity index (χ1n) is 7.37. The van der Waals surface area contributed by atoms with Gasteiger partial charge in [0.1, 0.15) is 5.54 Å². The van der Waals surface area contributed by atoms with Gasteiger partial charge >= 0.3 is 0 Å². The van der Waals surface area contributed by atoms with E-state index in [1.807, 2.05) is 13.8 Å². The van der Waals surface area contributed by atoms with Crippen molar-refractivity contribution < 1.29 is 4.79 Å². The Kier molecular flexibility index (Phi) is 6.23. The van der Waals surface area contributed by atoms with E-state index < -0.39 is 5.54 Å². The number of likely N-dealkylation sites (N-methyl/N-ethyl adjacent to an activating group) is 1. The van der Waals surface area contributed by atoms with E-state index in [9.17, 15) is 4.79 Å². The third-order valence-electron chi connectivity index (χ3n) is 3.74. The lowest BCUT2D eigenvalue weighted by molar-refractivity contribution is -0.124. The largest absolute Gasteiger partial charge is 0.368 e. The molecule has 1 amide bonds. The molecule has 0 aliphatic carbocycles. The Hall–Kier alpha value is -0.650. The van der Waals surface area contributed by atoms with Gasteiger partial charge in [-0.1, -0.05) is 20.8 Å². The Bertz CT molecular complexity index is 287. The summed E-state index contributed by atoms with van der Waals surface area (Å²) >= 11 is 0. The molecule has 0 bridgehead atoms. The number of hydrogen-bond donors (Lipinski definition) is 2. The van der Waals surface area contributed by atoms with Crippen LogP contribution in [0.15, 0.2) is 0 Å². The number of carbonyl (C=O) groups excluding carboxylic acids is 1. The molecule has 0 saturated carbocycles. The molecule has 1 unspecified atom stereocenters. The lowest BCUT2D eigenvalue weighted by Gasteiger charge is -2.39. The summed E-state index contributed by atoms with van der Waals surface area (Å²) in [6, 6.07) is 0. The van der Waals surface area contributed by atoms with Crippen molar-refractivity contribution in [1.29, 1.82) is 0 Å². The second-order valence-corrected chi connectivity index (χ2v) is 6.20. The molecule has 3 N–H and O–H groups in total. The van der Waals surface area contributed by atoms with Crippen LogP contribution >= 0.6 is 0 Å². The minimum absolute atomic E-state index is 0.265. The molecule has 0 radical (unpaired) electrons. The summed E-state index contributed by atoms with van der Waals surface area (Å²) in [4.78, 5) is 16.5. The summed E-state index contributed by atoms with van der Waals surface area (Å²) < 4.78 is 0. The second kappa shape index (κ2) is 7.22. The fraction of sp³-hybridized carbons (Fsp3) is 0.929. The summed E-state index contributed by atoms with van der Waals surface area (Å²) in [6.45, 7) is 15.2. The maximum atomic E-state index is 11.6. The van der Waals surface area contributed by atoms with Gasteiger partial charge in [-0.05, 0) is 19.4 Å². The SMILES string of the molecule is CCNC(C)(CN1CCN(CC(C)C)CC1)C(N)=O. The molecule has 1 heterocycles. The zero-order valence-corrected chi connectivity index (χ0v) is 12.9. The molecular formula is C14H30N4O. The molecule has 1 rings (SSSR count). The van der Waals surface area contributed by atoms with Crippen LogP contribution in [0.4, 0.5) is 0 Å². The second-order valence-electron chi connectivity index (χ2n) is 6.20. The van der Waals surface area contributed by atoms with Gasteiger partial charge in [0.15, 0.2) is 0 Å². The van der Waals surface area contributed by atoms with Gasteiger partial charge in [-0.3, -0.25) is 9.69 Å². The molecule has 112 valence electrons. The molecule has 19 heavy (non-hydrogen) atoms. The van der Waals surface area contributed by atoms with Crippen molar-refractivity contribution in [3.8, 4) is 0 Å². The average molecular weight is 270 g/mol. The van der Waals surface area contributed by atoms with Crippen molar-refractivity contribution in [2.45, 2.75) is 33.2 Å². The predicted octanol–water partition coefficient (Wildman–Crippen LogP) is 0.114. The van der Waals surface area contributed by atoms with Crippen molar-refractivity contribution in [3.05, 3.63) is 0 Å². The third-order valence-corrected chi connectivity index (χ3v) is 3.74. The Morgan fingerprint density at radius 1 is 1.26 bits per heavy atom. The molecule has 0 aromatic heterocycles. The highest BCUT2D eigenvalue weighted by molar-refractivity contribution is 5.84. The average Bonchev–Trinajstić information content (AvgIpc) is 2.31. The summed E-state index contributed by atoms with van der Waals surface area (Å²) in [6.07, 6.45) is 0. The third kappa shape index (κ3) is 5.09. The van der Waals surface area contributed by atoms with Crippen LogP contribution < -0.4 is 11.1 Å². The molecule has 5 heteroatoms. The van der Waals surface area contributed by atoms with E-state index >= 15 is 0 Å². The normalized spacial score (nSPS) is 21.5. The van der Waals surface area contributed by atoms with Gasteiger partial charge < -0.3 is 16.0 Å². The van der Waals surface area contributed by atoms with E-state index in [1.54, 1.807) is 0 Å². The van der Waals surface area contributed by atoms with Crippen LogP contribution in [0.1, 0.15) is 27.7 Å². The maximum Gasteiger partial charge on any atom is 0.238 e. The van der Waals surface area contributed by atoms with Crippen molar-refractivity contribution >= 4 is 5.91 Å². The standard InChI is InChI=1S/C14H30N4O/c1-5-16-14(4,13(15)19)11-18-8-6-17(7-9-18)10-12(2)3/h12,16H,5-11H2,1-4H3,(H2,15,19). The first-order valence-corrected chi connectivity index (χ1v) is 7.37. The van der Waals surface area contributed by atoms with Crippen LogP contribution in [0, 0.1) is 5.92 Å². The van der Waals surface area contributed by atoms with Crippen molar-refractivity contribution in [2.24, 2.45) is 11.7 Å². The number of nitrogens with two attached hydrogens (primary N) is 1. The molecule has 0 spiro atoms. The summed E-state index contributed by atoms with van der Waals surface area (Å²) in [5.41, 5.74) is 4.91. The number of primary amides is 1. The number of rotatable bonds is 7. The molecular weight excluding hydrogens is 240 g/mol. The van der Waals surface area contributed by atoms with Gasteiger partial charge in [0.2, 0.25) is 5.91 Å². The quantitative estimate of drug-likeness (QED) is 0.689. The van der Waals surface area contributed by atoms with Crippen LogP contribution in [0.25, 0.3) is 0 Å². The van der Waals surface area contributed by atoms with Crippen LogP contribution in [0.2, 0.25) is 0 Å². The van der Waals surface area contributed by atoms with Gasteiger partial charge in [-0.15, -0.1) is 0 Å². The highest BCUT2D eigenvalue weighted by atomic mass is 16.1. The minimum Gasteiger partial charge on any atom is -0.368 e. The smallest absolute Gasteiger partial charge is 0.238 e. The summed E-state index contributed by atoms with van der Waals surface area (Å²) in [5.74, 6) is 0.447. The van der Waals surface area contributed by atoms with E-state index in [-0.39, 0.29) is 5.91 Å². The van der Waals surface area contributed by atoms with Crippen LogP contribution in [-0.2, 0) is 4.79 Å². The Balaban J connectivity index is 2.45. The maximum absolute atomic E-state index is 11.6. The monoisotopic (exact) mass is 270 g/mol. The molecule has 1 saturated heterocycles. The summed E-state index contributed by atoms with van der Waals surface area (Å²) in [7, 11) is 0. The fourth-order valence-corrected chi connectivity index (χ4v) is 2.70. The number of nitrogens with zero attached hydrogens (tertiary/aromatic N) is 2. The Labute approximate surface area is 117 Å². The van der Waals surface area contributed by atoms with Crippen molar-refractivity contribution in [3.63, 3.8) is 0 Å². The Morgan fingerprint density at radius 3 is 2.21 bits per heavy atom. The fourth-order valence-electron chi connectivity index (χ4n) is 2.70. The van der Waals surface area contributed by atoms with E-state index in [4.69, 9.17) is 5.73 Å². The van der Waals surface area contributed by atoms with Crippen LogP contribution in [-0.4, -0.2) is 67.1 Å². The van der Waals surface area contributed by atoms with Gasteiger partial charge in [0, 0.05) is 39.3 Å². The number of amides is 1.